The van der Waals surface area contributed by atoms with Crippen LogP contribution in [0.2, 0.25) is 20.1 Å². The summed E-state index contributed by atoms with van der Waals surface area (Å²) in [4.78, 5) is 0. The molecular formula is C22H12BrCl4NO. The van der Waals surface area contributed by atoms with E-state index >= 15 is 0 Å². The maximum absolute atomic E-state index is 9.55. The molecule has 0 aliphatic carbocycles. The van der Waals surface area contributed by atoms with Crippen LogP contribution in [0.3, 0.4) is 0 Å². The smallest absolute Gasteiger partial charge is 0.152 e. The summed E-state index contributed by atoms with van der Waals surface area (Å²) in [6.07, 6.45) is 1.72. The van der Waals surface area contributed by atoms with Crippen LogP contribution in [0.15, 0.2) is 59.1 Å². The van der Waals surface area contributed by atoms with Crippen molar-refractivity contribution >= 4 is 74.0 Å². The van der Waals surface area contributed by atoms with Gasteiger partial charge >= 0.3 is 0 Å². The lowest BCUT2D eigenvalue weighted by molar-refractivity contribution is 0.304. The third kappa shape index (κ3) is 5.48. The highest BCUT2D eigenvalue weighted by atomic mass is 79.9. The second kappa shape index (κ2) is 9.89. The van der Waals surface area contributed by atoms with Gasteiger partial charge in [-0.3, -0.25) is 0 Å². The van der Waals surface area contributed by atoms with Gasteiger partial charge in [0, 0.05) is 26.2 Å². The lowest BCUT2D eigenvalue weighted by atomic mass is 10.0. The fraction of sp³-hybridized carbons (Fsp3) is 0.0455. The van der Waals surface area contributed by atoms with Crippen LogP contribution < -0.4 is 4.74 Å². The molecule has 29 heavy (non-hydrogen) atoms. The van der Waals surface area contributed by atoms with Crippen LogP contribution in [0.1, 0.15) is 16.7 Å². The average molecular weight is 528 g/mol. The van der Waals surface area contributed by atoms with Crippen LogP contribution in [-0.2, 0) is 6.61 Å². The van der Waals surface area contributed by atoms with Crippen molar-refractivity contribution in [2.75, 3.05) is 0 Å². The highest BCUT2D eigenvalue weighted by Crippen LogP contribution is 2.37. The van der Waals surface area contributed by atoms with Crippen LogP contribution in [0, 0.1) is 11.3 Å². The quantitative estimate of drug-likeness (QED) is 0.245. The predicted octanol–water partition coefficient (Wildman–Crippen LogP) is 8.71. The predicted molar refractivity (Wildman–Crippen MR) is 125 cm³/mol. The molecule has 0 unspecified atom stereocenters. The Hall–Kier alpha value is -1.67. The molecule has 0 amide bonds. The molecule has 0 bridgehead atoms. The number of halogens is 5. The zero-order valence-electron chi connectivity index (χ0n) is 14.7. The third-order valence-corrected chi connectivity index (χ3v) is 5.79. The number of nitriles is 1. The first-order valence-corrected chi connectivity index (χ1v) is 10.6. The Morgan fingerprint density at radius 1 is 0.966 bits per heavy atom. The molecule has 3 aromatic rings. The normalized spacial score (nSPS) is 11.2. The van der Waals surface area contributed by atoms with Gasteiger partial charge in [-0.25, -0.2) is 0 Å². The number of hydrogen-bond acceptors (Lipinski definition) is 2. The molecular weight excluding hydrogens is 516 g/mol. The number of ether oxygens (including phenoxy) is 1. The van der Waals surface area contributed by atoms with E-state index in [0.717, 1.165) is 11.1 Å². The van der Waals surface area contributed by atoms with E-state index in [1.165, 1.54) is 0 Å². The first-order valence-electron chi connectivity index (χ1n) is 8.31. The molecule has 0 heterocycles. The van der Waals surface area contributed by atoms with Crippen molar-refractivity contribution in [3.8, 4) is 11.8 Å². The van der Waals surface area contributed by atoms with Crippen LogP contribution >= 0.6 is 62.3 Å². The Morgan fingerprint density at radius 2 is 1.72 bits per heavy atom. The highest BCUT2D eigenvalue weighted by molar-refractivity contribution is 9.10. The molecule has 0 aliphatic heterocycles. The summed E-state index contributed by atoms with van der Waals surface area (Å²) in [5.74, 6) is 0.478. The number of hydrogen-bond donors (Lipinski definition) is 0. The molecule has 0 aromatic heterocycles. The molecule has 146 valence electrons. The molecule has 0 saturated carbocycles. The minimum Gasteiger partial charge on any atom is -0.486 e. The molecule has 3 aromatic carbocycles. The number of rotatable bonds is 5. The molecule has 0 fully saturated rings. The van der Waals surface area contributed by atoms with Gasteiger partial charge in [0.2, 0.25) is 0 Å². The van der Waals surface area contributed by atoms with Crippen LogP contribution in [0.4, 0.5) is 0 Å². The van der Waals surface area contributed by atoms with E-state index < -0.39 is 0 Å². The zero-order chi connectivity index (χ0) is 21.0. The number of allylic oxidation sites excluding steroid dienone is 1. The zero-order valence-corrected chi connectivity index (χ0v) is 19.3. The fourth-order valence-electron chi connectivity index (χ4n) is 2.61. The maximum Gasteiger partial charge on any atom is 0.152 e. The van der Waals surface area contributed by atoms with Crippen molar-refractivity contribution in [1.29, 1.82) is 5.26 Å². The maximum atomic E-state index is 9.55. The summed E-state index contributed by atoms with van der Waals surface area (Å²) in [5, 5.41) is 11.5. The Balaban J connectivity index is 1.87. The van der Waals surface area contributed by atoms with Gasteiger partial charge in [0.1, 0.15) is 6.61 Å². The molecule has 0 atom stereocenters. The van der Waals surface area contributed by atoms with Crippen molar-refractivity contribution in [3.63, 3.8) is 0 Å². The van der Waals surface area contributed by atoms with Gasteiger partial charge in [-0.2, -0.15) is 5.26 Å². The Bertz CT molecular complexity index is 1110. The summed E-state index contributed by atoms with van der Waals surface area (Å²) < 4.78 is 6.50. The Labute approximate surface area is 197 Å². The topological polar surface area (TPSA) is 33.0 Å². The van der Waals surface area contributed by atoms with Crippen molar-refractivity contribution in [3.05, 3.63) is 95.9 Å². The standard InChI is InChI=1S/C22H12BrCl4NO/c23-18-8-13(7-15(11-28)17-3-1-2-4-19(17)25)9-21(27)22(18)29-12-14-5-6-16(24)10-20(14)26/h1-10H,12H2. The Morgan fingerprint density at radius 3 is 2.38 bits per heavy atom. The van der Waals surface area contributed by atoms with E-state index in [9.17, 15) is 5.26 Å². The van der Waals surface area contributed by atoms with Gasteiger partial charge in [0.15, 0.2) is 5.75 Å². The summed E-state index contributed by atoms with van der Waals surface area (Å²) in [7, 11) is 0. The lowest BCUT2D eigenvalue weighted by Gasteiger charge is -2.12. The minimum atomic E-state index is 0.229. The van der Waals surface area contributed by atoms with Gasteiger partial charge in [0.25, 0.3) is 0 Å². The third-order valence-electron chi connectivity index (χ3n) is 4.00. The Kier molecular flexibility index (Phi) is 7.51. The second-order valence-electron chi connectivity index (χ2n) is 5.99. The summed E-state index contributed by atoms with van der Waals surface area (Å²) >= 11 is 28.2. The largest absolute Gasteiger partial charge is 0.486 e. The highest BCUT2D eigenvalue weighted by Gasteiger charge is 2.12. The van der Waals surface area contributed by atoms with Crippen LogP contribution in [0.25, 0.3) is 11.6 Å². The SMILES string of the molecule is N#CC(=Cc1cc(Cl)c(OCc2ccc(Cl)cc2Cl)c(Br)c1)c1ccccc1Cl. The average Bonchev–Trinajstić information content (AvgIpc) is 2.67. The van der Waals surface area contributed by atoms with Crippen molar-refractivity contribution in [1.82, 2.24) is 0 Å². The molecule has 0 aliphatic rings. The fourth-order valence-corrected chi connectivity index (χ4v) is 4.30. The van der Waals surface area contributed by atoms with Gasteiger partial charge in [-0.1, -0.05) is 70.7 Å². The first kappa shape index (κ1) is 22.0. The van der Waals surface area contributed by atoms with Gasteiger partial charge in [-0.15, -0.1) is 0 Å². The van der Waals surface area contributed by atoms with Gasteiger partial charge in [0.05, 0.1) is 21.1 Å². The van der Waals surface area contributed by atoms with Crippen molar-refractivity contribution in [2.45, 2.75) is 6.61 Å². The van der Waals surface area contributed by atoms with E-state index in [1.54, 1.807) is 42.5 Å². The van der Waals surface area contributed by atoms with E-state index in [4.69, 9.17) is 51.1 Å². The molecule has 0 radical (unpaired) electrons. The minimum absolute atomic E-state index is 0.229. The number of nitrogens with zero attached hydrogens (tertiary/aromatic N) is 1. The molecule has 7 heteroatoms. The summed E-state index contributed by atoms with van der Waals surface area (Å²) in [6, 6.07) is 18.1. The van der Waals surface area contributed by atoms with Gasteiger partial charge in [-0.05, 0) is 57.9 Å². The molecule has 0 spiro atoms. The first-order chi connectivity index (χ1) is 13.9. The van der Waals surface area contributed by atoms with E-state index in [-0.39, 0.29) is 6.61 Å². The summed E-state index contributed by atoms with van der Waals surface area (Å²) in [6.45, 7) is 0.229. The van der Waals surface area contributed by atoms with E-state index in [2.05, 4.69) is 22.0 Å². The molecule has 2 nitrogen and oxygen atoms in total. The lowest BCUT2D eigenvalue weighted by Crippen LogP contribution is -1.98. The van der Waals surface area contributed by atoms with Gasteiger partial charge < -0.3 is 4.74 Å². The molecule has 0 saturated heterocycles. The van der Waals surface area contributed by atoms with Crippen LogP contribution in [-0.4, -0.2) is 0 Å². The van der Waals surface area contributed by atoms with E-state index in [0.29, 0.717) is 41.4 Å². The molecule has 3 rings (SSSR count). The van der Waals surface area contributed by atoms with Crippen molar-refractivity contribution in [2.24, 2.45) is 0 Å². The summed E-state index contributed by atoms with van der Waals surface area (Å²) in [5.41, 5.74) is 2.60. The number of benzene rings is 3. The van der Waals surface area contributed by atoms with Crippen LogP contribution in [0.5, 0.6) is 5.75 Å². The second-order valence-corrected chi connectivity index (χ2v) is 8.50. The molecule has 0 N–H and O–H groups in total. The monoisotopic (exact) mass is 525 g/mol. The van der Waals surface area contributed by atoms with E-state index in [1.807, 2.05) is 18.2 Å². The van der Waals surface area contributed by atoms with Crippen molar-refractivity contribution < 1.29 is 4.74 Å².